The number of hydrogen-bond donors (Lipinski definition) is 1. The summed E-state index contributed by atoms with van der Waals surface area (Å²) in [6.07, 6.45) is 5.15. The molecule has 0 radical (unpaired) electrons. The highest BCUT2D eigenvalue weighted by Crippen LogP contribution is 2.24. The quantitative estimate of drug-likeness (QED) is 0.356. The van der Waals surface area contributed by atoms with Crippen LogP contribution in [0.1, 0.15) is 18.5 Å². The SMILES string of the molecule is C#CCSCCNC(C)c1ccccc1[N+](=O)[O-]. The van der Waals surface area contributed by atoms with Gasteiger partial charge in [0.1, 0.15) is 0 Å². The van der Waals surface area contributed by atoms with Gasteiger partial charge in [-0.3, -0.25) is 10.1 Å². The van der Waals surface area contributed by atoms with Crippen molar-refractivity contribution in [1.82, 2.24) is 5.32 Å². The van der Waals surface area contributed by atoms with Crippen molar-refractivity contribution in [2.75, 3.05) is 18.1 Å². The standard InChI is InChI=1S/C13H16N2O2S/c1-3-9-18-10-8-14-11(2)12-6-4-5-7-13(12)15(16)17/h1,4-7,11,14H,8-10H2,2H3. The van der Waals surface area contributed by atoms with Crippen LogP contribution in [0.25, 0.3) is 0 Å². The van der Waals surface area contributed by atoms with E-state index in [2.05, 4.69) is 11.2 Å². The van der Waals surface area contributed by atoms with Gasteiger partial charge in [0.2, 0.25) is 0 Å². The Morgan fingerprint density at radius 3 is 2.94 bits per heavy atom. The molecule has 96 valence electrons. The molecule has 1 unspecified atom stereocenters. The Morgan fingerprint density at radius 1 is 1.56 bits per heavy atom. The van der Waals surface area contributed by atoms with Crippen LogP contribution < -0.4 is 5.32 Å². The van der Waals surface area contributed by atoms with Crippen LogP contribution in [-0.4, -0.2) is 23.0 Å². The summed E-state index contributed by atoms with van der Waals surface area (Å²) in [4.78, 5) is 10.5. The molecular formula is C13H16N2O2S. The lowest BCUT2D eigenvalue weighted by Gasteiger charge is -2.13. The van der Waals surface area contributed by atoms with Crippen LogP contribution in [0.4, 0.5) is 5.69 Å². The number of nitro benzene ring substituents is 1. The molecule has 0 saturated carbocycles. The first-order valence-corrected chi connectivity index (χ1v) is 6.80. The van der Waals surface area contributed by atoms with E-state index < -0.39 is 0 Å². The minimum absolute atomic E-state index is 0.0435. The van der Waals surface area contributed by atoms with Crippen LogP contribution >= 0.6 is 11.8 Å². The molecule has 0 saturated heterocycles. The molecule has 0 fully saturated rings. The van der Waals surface area contributed by atoms with Crippen molar-refractivity contribution in [2.45, 2.75) is 13.0 Å². The topological polar surface area (TPSA) is 55.2 Å². The maximum atomic E-state index is 10.9. The molecule has 0 aromatic heterocycles. The molecule has 1 atom stereocenters. The molecule has 18 heavy (non-hydrogen) atoms. The summed E-state index contributed by atoms with van der Waals surface area (Å²) in [5.74, 6) is 4.15. The summed E-state index contributed by atoms with van der Waals surface area (Å²) in [5.41, 5.74) is 0.873. The molecule has 0 aliphatic heterocycles. The van der Waals surface area contributed by atoms with Gasteiger partial charge in [-0.25, -0.2) is 0 Å². The number of nitrogens with one attached hydrogen (secondary N) is 1. The highest BCUT2D eigenvalue weighted by atomic mass is 32.2. The van der Waals surface area contributed by atoms with Crippen molar-refractivity contribution in [2.24, 2.45) is 0 Å². The van der Waals surface area contributed by atoms with Gasteiger partial charge in [-0.1, -0.05) is 24.1 Å². The number of para-hydroxylation sites is 1. The van der Waals surface area contributed by atoms with Gasteiger partial charge < -0.3 is 5.32 Å². The van der Waals surface area contributed by atoms with Gasteiger partial charge in [0.25, 0.3) is 5.69 Å². The lowest BCUT2D eigenvalue weighted by atomic mass is 10.1. The zero-order valence-corrected chi connectivity index (χ0v) is 11.1. The predicted molar refractivity (Wildman–Crippen MR) is 75.7 cm³/mol. The second-order valence-electron chi connectivity index (χ2n) is 3.75. The first-order valence-electron chi connectivity index (χ1n) is 5.64. The summed E-state index contributed by atoms with van der Waals surface area (Å²) in [5, 5.41) is 14.2. The zero-order chi connectivity index (χ0) is 13.4. The normalized spacial score (nSPS) is 11.8. The zero-order valence-electron chi connectivity index (χ0n) is 10.3. The molecule has 1 aromatic rings. The molecule has 1 rings (SSSR count). The van der Waals surface area contributed by atoms with E-state index in [1.54, 1.807) is 23.9 Å². The Hall–Kier alpha value is -1.51. The van der Waals surface area contributed by atoms with Gasteiger partial charge in [0.15, 0.2) is 0 Å². The van der Waals surface area contributed by atoms with Gasteiger partial charge in [-0.2, -0.15) is 0 Å². The van der Waals surface area contributed by atoms with Crippen molar-refractivity contribution in [1.29, 1.82) is 0 Å². The molecule has 5 heteroatoms. The Morgan fingerprint density at radius 2 is 2.28 bits per heavy atom. The Kier molecular flexibility index (Phi) is 6.26. The smallest absolute Gasteiger partial charge is 0.274 e. The number of thioether (sulfide) groups is 1. The van der Waals surface area contributed by atoms with E-state index in [0.29, 0.717) is 11.3 Å². The molecule has 1 aromatic carbocycles. The molecule has 0 aliphatic carbocycles. The maximum Gasteiger partial charge on any atom is 0.274 e. The number of hydrogen-bond acceptors (Lipinski definition) is 4. The number of nitro groups is 1. The monoisotopic (exact) mass is 264 g/mol. The largest absolute Gasteiger partial charge is 0.309 e. The third-order valence-electron chi connectivity index (χ3n) is 2.48. The van der Waals surface area contributed by atoms with Crippen LogP contribution in [0, 0.1) is 22.5 Å². The van der Waals surface area contributed by atoms with E-state index in [-0.39, 0.29) is 16.7 Å². The van der Waals surface area contributed by atoms with Gasteiger partial charge >= 0.3 is 0 Å². The van der Waals surface area contributed by atoms with E-state index in [1.807, 2.05) is 13.0 Å². The van der Waals surface area contributed by atoms with Crippen LogP contribution in [0.2, 0.25) is 0 Å². The average Bonchev–Trinajstić information content (AvgIpc) is 2.38. The van der Waals surface area contributed by atoms with E-state index >= 15 is 0 Å². The van der Waals surface area contributed by atoms with Crippen molar-refractivity contribution < 1.29 is 4.92 Å². The average molecular weight is 264 g/mol. The Balaban J connectivity index is 2.54. The minimum atomic E-state index is -0.347. The van der Waals surface area contributed by atoms with Crippen LogP contribution in [0.5, 0.6) is 0 Å². The highest BCUT2D eigenvalue weighted by molar-refractivity contribution is 7.99. The third-order valence-corrected chi connectivity index (χ3v) is 3.35. The maximum absolute atomic E-state index is 10.9. The summed E-state index contributed by atoms with van der Waals surface area (Å²) in [6, 6.07) is 6.76. The molecule has 1 N–H and O–H groups in total. The second-order valence-corrected chi connectivity index (χ2v) is 4.85. The molecule has 0 heterocycles. The number of terminal acetylenes is 1. The van der Waals surface area contributed by atoms with Crippen LogP contribution in [0.15, 0.2) is 24.3 Å². The first kappa shape index (κ1) is 14.6. The van der Waals surface area contributed by atoms with Gasteiger partial charge in [0, 0.05) is 30.0 Å². The van der Waals surface area contributed by atoms with Crippen molar-refractivity contribution in [3.63, 3.8) is 0 Å². The van der Waals surface area contributed by atoms with Gasteiger partial charge in [-0.05, 0) is 6.92 Å². The lowest BCUT2D eigenvalue weighted by molar-refractivity contribution is -0.385. The van der Waals surface area contributed by atoms with Crippen LogP contribution in [-0.2, 0) is 0 Å². The summed E-state index contributed by atoms with van der Waals surface area (Å²) >= 11 is 1.67. The molecule has 0 bridgehead atoms. The minimum Gasteiger partial charge on any atom is -0.309 e. The van der Waals surface area contributed by atoms with E-state index in [4.69, 9.17) is 6.42 Å². The summed E-state index contributed by atoms with van der Waals surface area (Å²) in [6.45, 7) is 2.70. The summed E-state index contributed by atoms with van der Waals surface area (Å²) < 4.78 is 0. The van der Waals surface area contributed by atoms with Gasteiger partial charge in [0.05, 0.1) is 10.7 Å². The first-order chi connectivity index (χ1) is 8.66. The number of rotatable bonds is 7. The van der Waals surface area contributed by atoms with Crippen molar-refractivity contribution in [3.8, 4) is 12.3 Å². The van der Waals surface area contributed by atoms with Crippen molar-refractivity contribution in [3.05, 3.63) is 39.9 Å². The van der Waals surface area contributed by atoms with E-state index in [1.165, 1.54) is 6.07 Å². The molecule has 0 aliphatic rings. The van der Waals surface area contributed by atoms with Crippen molar-refractivity contribution >= 4 is 17.4 Å². The Labute approximate surface area is 111 Å². The fourth-order valence-corrected chi connectivity index (χ4v) is 2.13. The number of benzene rings is 1. The summed E-state index contributed by atoms with van der Waals surface area (Å²) in [7, 11) is 0. The van der Waals surface area contributed by atoms with E-state index in [9.17, 15) is 10.1 Å². The number of nitrogens with zero attached hydrogens (tertiary/aromatic N) is 1. The molecule has 0 spiro atoms. The fraction of sp³-hybridized carbons (Fsp3) is 0.385. The molecule has 0 amide bonds. The highest BCUT2D eigenvalue weighted by Gasteiger charge is 2.17. The molecular weight excluding hydrogens is 248 g/mol. The predicted octanol–water partition coefficient (Wildman–Crippen LogP) is 2.61. The van der Waals surface area contributed by atoms with Crippen LogP contribution in [0.3, 0.4) is 0 Å². The fourth-order valence-electron chi connectivity index (χ4n) is 1.61. The van der Waals surface area contributed by atoms with E-state index in [0.717, 1.165) is 12.3 Å². The van der Waals surface area contributed by atoms with Gasteiger partial charge in [-0.15, -0.1) is 18.2 Å². The second kappa shape index (κ2) is 7.75. The lowest BCUT2D eigenvalue weighted by Crippen LogP contribution is -2.22. The third kappa shape index (κ3) is 4.40. The Bertz CT molecular complexity index is 443. The molecule has 4 nitrogen and oxygen atoms in total.